The van der Waals surface area contributed by atoms with Crippen molar-refractivity contribution in [3.8, 4) is 0 Å². The monoisotopic (exact) mass is 516 g/mol. The molecule has 190 valence electrons. The molecule has 3 N–H and O–H groups in total. The molecule has 4 amide bonds. The molecule has 2 aromatic rings. The highest BCUT2D eigenvalue weighted by Gasteiger charge is 2.51. The fraction of sp³-hybridized carbons (Fsp3) is 0.348. The van der Waals surface area contributed by atoms with Crippen molar-refractivity contribution < 1.29 is 23.7 Å². The zero-order valence-corrected chi connectivity index (χ0v) is 20.3. The number of nitro groups is 1. The average Bonchev–Trinajstić information content (AvgIpc) is 2.88. The highest BCUT2D eigenvalue weighted by Crippen LogP contribution is 2.34. The predicted octanol–water partition coefficient (Wildman–Crippen LogP) is 1.77. The molecule has 4 unspecified atom stereocenters. The number of thioether (sulfide) groups is 1. The molecule has 0 aromatic heterocycles. The van der Waals surface area contributed by atoms with Crippen LogP contribution >= 0.6 is 11.8 Å². The maximum Gasteiger partial charge on any atom is 0.327 e. The van der Waals surface area contributed by atoms with Gasteiger partial charge in [-0.05, 0) is 35.4 Å². The summed E-state index contributed by atoms with van der Waals surface area (Å²) in [5, 5.41) is 19.8. The molecule has 2 heterocycles. The van der Waals surface area contributed by atoms with Crippen LogP contribution in [0.2, 0.25) is 0 Å². The second-order valence-electron chi connectivity index (χ2n) is 8.51. The molecule has 0 aliphatic carbocycles. The number of carbonyl (C=O) groups is 3. The number of nitrogens with zero attached hydrogens (tertiary/aromatic N) is 3. The van der Waals surface area contributed by atoms with Gasteiger partial charge in [-0.3, -0.25) is 35.2 Å². The van der Waals surface area contributed by atoms with Crippen LogP contribution in [0.4, 0.5) is 14.9 Å². The van der Waals surface area contributed by atoms with Gasteiger partial charge < -0.3 is 10.2 Å². The summed E-state index contributed by atoms with van der Waals surface area (Å²) in [6, 6.07) is 11.3. The first-order chi connectivity index (χ1) is 17.2. The van der Waals surface area contributed by atoms with Gasteiger partial charge in [-0.2, -0.15) is 0 Å². The summed E-state index contributed by atoms with van der Waals surface area (Å²) in [5.41, 5.74) is 1.37. The van der Waals surface area contributed by atoms with Crippen LogP contribution < -0.4 is 16.0 Å². The zero-order valence-electron chi connectivity index (χ0n) is 19.5. The number of hydrogen-bond donors (Lipinski definition) is 3. The quantitative estimate of drug-likeness (QED) is 0.374. The molecule has 13 heteroatoms. The van der Waals surface area contributed by atoms with E-state index in [-0.39, 0.29) is 35.6 Å². The van der Waals surface area contributed by atoms with Crippen molar-refractivity contribution in [2.75, 3.05) is 19.8 Å². The minimum atomic E-state index is -0.679. The second kappa shape index (κ2) is 10.6. The second-order valence-corrected chi connectivity index (χ2v) is 9.64. The third-order valence-electron chi connectivity index (χ3n) is 6.19. The number of rotatable bonds is 7. The Bertz CT molecular complexity index is 1160. The van der Waals surface area contributed by atoms with Crippen LogP contribution in [-0.2, 0) is 16.1 Å². The van der Waals surface area contributed by atoms with E-state index in [9.17, 15) is 28.9 Å². The molecule has 36 heavy (non-hydrogen) atoms. The summed E-state index contributed by atoms with van der Waals surface area (Å²) in [7, 11) is 3.00. The fourth-order valence-corrected chi connectivity index (χ4v) is 5.34. The largest absolute Gasteiger partial charge is 0.351 e. The number of fused-ring (bicyclic) bond motifs is 1. The van der Waals surface area contributed by atoms with Crippen molar-refractivity contribution in [3.63, 3.8) is 0 Å². The molecule has 2 fully saturated rings. The summed E-state index contributed by atoms with van der Waals surface area (Å²) in [6.45, 7) is 0.232. The number of non-ortho nitro benzene ring substituents is 1. The first-order valence-electron chi connectivity index (χ1n) is 11.1. The Balaban J connectivity index is 1.49. The minimum absolute atomic E-state index is 0.0315. The van der Waals surface area contributed by atoms with Crippen molar-refractivity contribution >= 4 is 35.3 Å². The van der Waals surface area contributed by atoms with Gasteiger partial charge in [-0.1, -0.05) is 12.1 Å². The Kier molecular flexibility index (Phi) is 7.52. The van der Waals surface area contributed by atoms with E-state index in [1.165, 1.54) is 48.0 Å². The van der Waals surface area contributed by atoms with Gasteiger partial charge in [0.1, 0.15) is 5.82 Å². The maximum atomic E-state index is 13.1. The first-order valence-corrected chi connectivity index (χ1v) is 12.1. The number of urea groups is 1. The highest BCUT2D eigenvalue weighted by atomic mass is 32.2. The van der Waals surface area contributed by atoms with Crippen LogP contribution in [0.3, 0.4) is 0 Å². The van der Waals surface area contributed by atoms with Crippen molar-refractivity contribution in [1.82, 2.24) is 25.8 Å². The molecule has 0 radical (unpaired) electrons. The lowest BCUT2D eigenvalue weighted by atomic mass is 9.96. The summed E-state index contributed by atoms with van der Waals surface area (Å²) in [5.74, 6) is -1.66. The number of carbonyl (C=O) groups excluding carboxylic acids is 3. The standard InChI is InChI=1S/C23H25FN6O5S/c1-28-20-18(22(32)29(2)23(28)33)21(27-19(26-20)14-5-9-16(10-6-14)30(34)35)36-12-17(31)25-11-13-3-7-15(24)8-4-13/h3-10,18-21,26-27H,11-12H2,1-2H3,(H,25,31). The first kappa shape index (κ1) is 25.5. The molecule has 11 nitrogen and oxygen atoms in total. The van der Waals surface area contributed by atoms with Gasteiger partial charge in [-0.25, -0.2) is 9.18 Å². The number of halogens is 1. The van der Waals surface area contributed by atoms with E-state index in [0.717, 1.165) is 10.5 Å². The number of benzene rings is 2. The van der Waals surface area contributed by atoms with Crippen LogP contribution in [0.1, 0.15) is 17.3 Å². The van der Waals surface area contributed by atoms with E-state index in [2.05, 4.69) is 16.0 Å². The molecule has 0 spiro atoms. The Labute approximate surface area is 210 Å². The van der Waals surface area contributed by atoms with Crippen LogP contribution in [0.15, 0.2) is 48.5 Å². The molecule has 0 saturated carbocycles. The van der Waals surface area contributed by atoms with E-state index >= 15 is 0 Å². The summed E-state index contributed by atoms with van der Waals surface area (Å²) in [4.78, 5) is 51.2. The number of nitrogens with one attached hydrogen (secondary N) is 3. The van der Waals surface area contributed by atoms with Crippen LogP contribution in [0, 0.1) is 21.8 Å². The Morgan fingerprint density at radius 3 is 2.42 bits per heavy atom. The van der Waals surface area contributed by atoms with E-state index in [1.807, 2.05) is 0 Å². The molecule has 2 aromatic carbocycles. The van der Waals surface area contributed by atoms with E-state index in [0.29, 0.717) is 5.56 Å². The minimum Gasteiger partial charge on any atom is -0.351 e. The Morgan fingerprint density at radius 2 is 1.78 bits per heavy atom. The van der Waals surface area contributed by atoms with Gasteiger partial charge in [0.05, 0.1) is 34.3 Å². The molecule has 2 aliphatic heterocycles. The Morgan fingerprint density at radius 1 is 1.11 bits per heavy atom. The molecule has 2 saturated heterocycles. The molecule has 2 aliphatic rings. The van der Waals surface area contributed by atoms with Gasteiger partial charge in [-0.15, -0.1) is 11.8 Å². The van der Waals surface area contributed by atoms with Crippen LogP contribution in [0.25, 0.3) is 0 Å². The SMILES string of the molecule is CN1C(=O)C2C(SCC(=O)NCc3ccc(F)cc3)NC(c3ccc([N+](=O)[O-])cc3)NC2N(C)C1=O. The van der Waals surface area contributed by atoms with Gasteiger partial charge >= 0.3 is 6.03 Å². The molecule has 0 bridgehead atoms. The van der Waals surface area contributed by atoms with Crippen molar-refractivity contribution in [1.29, 1.82) is 0 Å². The Hall–Kier alpha value is -3.55. The molecule has 4 atom stereocenters. The van der Waals surface area contributed by atoms with Gasteiger partial charge in [0, 0.05) is 32.8 Å². The predicted molar refractivity (Wildman–Crippen MR) is 130 cm³/mol. The molecular weight excluding hydrogens is 491 g/mol. The van der Waals surface area contributed by atoms with Crippen molar-refractivity contribution in [2.45, 2.75) is 24.3 Å². The van der Waals surface area contributed by atoms with E-state index < -0.39 is 34.6 Å². The van der Waals surface area contributed by atoms with E-state index in [1.54, 1.807) is 31.3 Å². The normalized spacial score (nSPS) is 23.9. The van der Waals surface area contributed by atoms with E-state index in [4.69, 9.17) is 0 Å². The lowest BCUT2D eigenvalue weighted by molar-refractivity contribution is -0.384. The third kappa shape index (κ3) is 5.32. The summed E-state index contributed by atoms with van der Waals surface area (Å²) >= 11 is 1.23. The fourth-order valence-electron chi connectivity index (χ4n) is 4.20. The number of nitro benzene ring substituents is 1. The van der Waals surface area contributed by atoms with Gasteiger partial charge in [0.15, 0.2) is 0 Å². The lowest BCUT2D eigenvalue weighted by Crippen LogP contribution is -2.72. The van der Waals surface area contributed by atoms with Gasteiger partial charge in [0.2, 0.25) is 11.8 Å². The summed E-state index contributed by atoms with van der Waals surface area (Å²) < 4.78 is 13.1. The third-order valence-corrected chi connectivity index (χ3v) is 7.41. The molecule has 4 rings (SSSR count). The molecular formula is C23H25FN6O5S. The topological polar surface area (TPSA) is 137 Å². The lowest BCUT2D eigenvalue weighted by Gasteiger charge is -2.50. The zero-order chi connectivity index (χ0) is 26.0. The van der Waals surface area contributed by atoms with Crippen LogP contribution in [0.5, 0.6) is 0 Å². The maximum absolute atomic E-state index is 13.1. The highest BCUT2D eigenvalue weighted by molar-refractivity contribution is 8.00. The number of imide groups is 1. The smallest absolute Gasteiger partial charge is 0.327 e. The van der Waals surface area contributed by atoms with Crippen LogP contribution in [-0.4, -0.2) is 64.0 Å². The summed E-state index contributed by atoms with van der Waals surface area (Å²) in [6.07, 6.45) is -1.18. The number of amides is 4. The average molecular weight is 517 g/mol. The van der Waals surface area contributed by atoms with Gasteiger partial charge in [0.25, 0.3) is 5.69 Å². The van der Waals surface area contributed by atoms with Crippen molar-refractivity contribution in [3.05, 3.63) is 75.6 Å². The van der Waals surface area contributed by atoms with Crippen molar-refractivity contribution in [2.24, 2.45) is 5.92 Å². The number of hydrogen-bond acceptors (Lipinski definition) is 8.